The first-order valence-corrected chi connectivity index (χ1v) is 6.66. The fraction of sp³-hybridized carbons (Fsp3) is 0.667. The van der Waals surface area contributed by atoms with Gasteiger partial charge in [-0.1, -0.05) is 13.0 Å². The Bertz CT molecular complexity index is 287. The zero-order chi connectivity index (χ0) is 10.7. The molecule has 2 nitrogen and oxygen atoms in total. The fourth-order valence-corrected chi connectivity index (χ4v) is 2.90. The predicted molar refractivity (Wildman–Crippen MR) is 66.0 cm³/mol. The van der Waals surface area contributed by atoms with E-state index in [1.807, 2.05) is 11.3 Å². The summed E-state index contributed by atoms with van der Waals surface area (Å²) in [6.45, 7) is 3.98. The lowest BCUT2D eigenvalue weighted by molar-refractivity contribution is 0.278. The van der Waals surface area contributed by atoms with Crippen LogP contribution in [0.4, 0.5) is 0 Å². The largest absolute Gasteiger partial charge is 0.329 e. The van der Waals surface area contributed by atoms with E-state index in [9.17, 15) is 0 Å². The highest BCUT2D eigenvalue weighted by Gasteiger charge is 2.42. The van der Waals surface area contributed by atoms with Crippen LogP contribution in [0.2, 0.25) is 0 Å². The summed E-state index contributed by atoms with van der Waals surface area (Å²) in [5.74, 6) is 0.812. The number of rotatable bonds is 6. The van der Waals surface area contributed by atoms with E-state index in [1.165, 1.54) is 17.7 Å². The van der Waals surface area contributed by atoms with Gasteiger partial charge in [0.2, 0.25) is 0 Å². The van der Waals surface area contributed by atoms with E-state index in [0.717, 1.165) is 25.4 Å². The van der Waals surface area contributed by atoms with Gasteiger partial charge in [0.1, 0.15) is 0 Å². The topological polar surface area (TPSA) is 38.0 Å². The van der Waals surface area contributed by atoms with Crippen molar-refractivity contribution in [1.29, 1.82) is 0 Å². The van der Waals surface area contributed by atoms with Gasteiger partial charge >= 0.3 is 0 Å². The van der Waals surface area contributed by atoms with Crippen molar-refractivity contribution in [1.82, 2.24) is 5.32 Å². The Hall–Kier alpha value is -0.380. The molecule has 1 aliphatic rings. The molecular formula is C12H20N2S. The van der Waals surface area contributed by atoms with Gasteiger partial charge in [0.05, 0.1) is 0 Å². The molecule has 0 radical (unpaired) electrons. The number of nitrogens with one attached hydrogen (secondary N) is 1. The number of hydrogen-bond acceptors (Lipinski definition) is 3. The number of nitrogens with two attached hydrogens (primary N) is 1. The Morgan fingerprint density at radius 1 is 1.60 bits per heavy atom. The van der Waals surface area contributed by atoms with Crippen LogP contribution < -0.4 is 11.1 Å². The molecule has 84 valence electrons. The van der Waals surface area contributed by atoms with E-state index in [1.54, 1.807) is 0 Å². The monoisotopic (exact) mass is 224 g/mol. The first-order valence-electron chi connectivity index (χ1n) is 5.78. The zero-order valence-corrected chi connectivity index (χ0v) is 10.1. The standard InChI is InChI=1S/C12H20N2S/c1-2-12(9-13,10-5-6-10)14-8-11-4-3-7-15-11/h3-4,7,10,14H,2,5-6,8-9,13H2,1H3. The minimum Gasteiger partial charge on any atom is -0.329 e. The lowest BCUT2D eigenvalue weighted by Crippen LogP contribution is -2.52. The van der Waals surface area contributed by atoms with Gasteiger partial charge in [-0.2, -0.15) is 0 Å². The normalized spacial score (nSPS) is 20.1. The molecule has 1 atom stereocenters. The summed E-state index contributed by atoms with van der Waals surface area (Å²) in [6, 6.07) is 4.29. The van der Waals surface area contributed by atoms with E-state index < -0.39 is 0 Å². The Morgan fingerprint density at radius 2 is 2.40 bits per heavy atom. The van der Waals surface area contributed by atoms with Crippen molar-refractivity contribution in [2.24, 2.45) is 11.7 Å². The van der Waals surface area contributed by atoms with Gasteiger partial charge in [0.25, 0.3) is 0 Å². The highest BCUT2D eigenvalue weighted by Crippen LogP contribution is 2.41. The molecule has 3 N–H and O–H groups in total. The second kappa shape index (κ2) is 4.64. The number of hydrogen-bond donors (Lipinski definition) is 2. The summed E-state index contributed by atoms with van der Waals surface area (Å²) >= 11 is 1.81. The second-order valence-corrected chi connectivity index (χ2v) is 5.45. The lowest BCUT2D eigenvalue weighted by atomic mass is 9.90. The van der Waals surface area contributed by atoms with E-state index in [2.05, 4.69) is 29.8 Å². The molecule has 1 unspecified atom stereocenters. The highest BCUT2D eigenvalue weighted by atomic mass is 32.1. The minimum atomic E-state index is 0.198. The molecule has 1 fully saturated rings. The summed E-state index contributed by atoms with van der Waals surface area (Å²) < 4.78 is 0. The zero-order valence-electron chi connectivity index (χ0n) is 9.33. The van der Waals surface area contributed by atoms with Gasteiger partial charge in [-0.3, -0.25) is 0 Å². The maximum Gasteiger partial charge on any atom is 0.0333 e. The van der Waals surface area contributed by atoms with E-state index >= 15 is 0 Å². The molecule has 2 rings (SSSR count). The van der Waals surface area contributed by atoms with Crippen molar-refractivity contribution in [2.45, 2.75) is 38.3 Å². The van der Waals surface area contributed by atoms with Crippen molar-refractivity contribution in [2.75, 3.05) is 6.54 Å². The van der Waals surface area contributed by atoms with Crippen LogP contribution in [-0.4, -0.2) is 12.1 Å². The van der Waals surface area contributed by atoms with Gasteiger partial charge in [0, 0.05) is 23.5 Å². The molecular weight excluding hydrogens is 204 g/mol. The summed E-state index contributed by atoms with van der Waals surface area (Å²) in [5, 5.41) is 5.81. The first-order chi connectivity index (χ1) is 7.30. The Kier molecular flexibility index (Phi) is 3.44. The molecule has 0 aliphatic heterocycles. The lowest BCUT2D eigenvalue weighted by Gasteiger charge is -2.33. The van der Waals surface area contributed by atoms with Crippen LogP contribution in [0.15, 0.2) is 17.5 Å². The van der Waals surface area contributed by atoms with Crippen LogP contribution in [-0.2, 0) is 6.54 Å². The molecule has 0 bridgehead atoms. The molecule has 1 aromatic heterocycles. The van der Waals surface area contributed by atoms with Crippen LogP contribution in [0, 0.1) is 5.92 Å². The number of thiophene rings is 1. The minimum absolute atomic E-state index is 0.198. The first kappa shape index (κ1) is 11.1. The van der Waals surface area contributed by atoms with Gasteiger partial charge in [-0.05, 0) is 36.6 Å². The van der Waals surface area contributed by atoms with Gasteiger partial charge < -0.3 is 11.1 Å². The van der Waals surface area contributed by atoms with E-state index in [-0.39, 0.29) is 5.54 Å². The van der Waals surface area contributed by atoms with Crippen LogP contribution in [0.1, 0.15) is 31.1 Å². The van der Waals surface area contributed by atoms with Crippen LogP contribution in [0.3, 0.4) is 0 Å². The SMILES string of the molecule is CCC(CN)(NCc1cccs1)C1CC1. The fourth-order valence-electron chi connectivity index (χ4n) is 2.25. The Morgan fingerprint density at radius 3 is 2.87 bits per heavy atom. The maximum atomic E-state index is 5.94. The average molecular weight is 224 g/mol. The quantitative estimate of drug-likeness (QED) is 0.778. The second-order valence-electron chi connectivity index (χ2n) is 4.42. The molecule has 1 aromatic rings. The Balaban J connectivity index is 1.94. The van der Waals surface area contributed by atoms with Crippen molar-refractivity contribution in [3.8, 4) is 0 Å². The van der Waals surface area contributed by atoms with E-state index in [0.29, 0.717) is 0 Å². The van der Waals surface area contributed by atoms with Gasteiger partial charge in [0.15, 0.2) is 0 Å². The smallest absolute Gasteiger partial charge is 0.0333 e. The third kappa shape index (κ3) is 2.41. The molecule has 1 saturated carbocycles. The van der Waals surface area contributed by atoms with Gasteiger partial charge in [-0.25, -0.2) is 0 Å². The molecule has 0 aromatic carbocycles. The molecule has 15 heavy (non-hydrogen) atoms. The molecule has 3 heteroatoms. The predicted octanol–water partition coefficient (Wildman–Crippen LogP) is 2.36. The summed E-state index contributed by atoms with van der Waals surface area (Å²) in [6.07, 6.45) is 3.84. The van der Waals surface area contributed by atoms with Crippen LogP contribution in [0.5, 0.6) is 0 Å². The Labute approximate surface area is 95.9 Å². The van der Waals surface area contributed by atoms with Crippen molar-refractivity contribution in [3.05, 3.63) is 22.4 Å². The third-order valence-corrected chi connectivity index (χ3v) is 4.43. The average Bonchev–Trinajstić information content (AvgIpc) is 2.99. The van der Waals surface area contributed by atoms with Crippen LogP contribution in [0.25, 0.3) is 0 Å². The summed E-state index contributed by atoms with van der Waals surface area (Å²) in [4.78, 5) is 1.40. The highest BCUT2D eigenvalue weighted by molar-refractivity contribution is 7.09. The molecule has 1 aliphatic carbocycles. The summed E-state index contributed by atoms with van der Waals surface area (Å²) in [5.41, 5.74) is 6.14. The third-order valence-electron chi connectivity index (χ3n) is 3.55. The van der Waals surface area contributed by atoms with Crippen molar-refractivity contribution >= 4 is 11.3 Å². The summed E-state index contributed by atoms with van der Waals surface area (Å²) in [7, 11) is 0. The van der Waals surface area contributed by atoms with E-state index in [4.69, 9.17) is 5.73 Å². The molecule has 0 spiro atoms. The van der Waals surface area contributed by atoms with Crippen molar-refractivity contribution in [3.63, 3.8) is 0 Å². The maximum absolute atomic E-state index is 5.94. The molecule has 0 amide bonds. The van der Waals surface area contributed by atoms with Crippen LogP contribution >= 0.6 is 11.3 Å². The van der Waals surface area contributed by atoms with Gasteiger partial charge in [-0.15, -0.1) is 11.3 Å². The molecule has 0 saturated heterocycles. The molecule has 1 heterocycles. The van der Waals surface area contributed by atoms with Crippen molar-refractivity contribution < 1.29 is 0 Å².